The highest BCUT2D eigenvalue weighted by Crippen LogP contribution is 2.17. The largest absolute Gasteiger partial charge is 0.464 e. The maximum atomic E-state index is 12.1. The summed E-state index contributed by atoms with van der Waals surface area (Å²) >= 11 is 0. The lowest BCUT2D eigenvalue weighted by Gasteiger charge is -2.06. The molecule has 0 spiro atoms. The summed E-state index contributed by atoms with van der Waals surface area (Å²) in [5.41, 5.74) is 1.32. The summed E-state index contributed by atoms with van der Waals surface area (Å²) in [5, 5.41) is 3.30. The van der Waals surface area contributed by atoms with Crippen LogP contribution in [0.2, 0.25) is 0 Å². The van der Waals surface area contributed by atoms with E-state index in [9.17, 15) is 14.4 Å². The van der Waals surface area contributed by atoms with Crippen molar-refractivity contribution in [2.45, 2.75) is 19.8 Å². The van der Waals surface area contributed by atoms with E-state index in [1.54, 1.807) is 24.3 Å². The first kappa shape index (κ1) is 17.5. The molecule has 0 unspecified atom stereocenters. The number of hydrogen-bond acceptors (Lipinski definition) is 5. The lowest BCUT2D eigenvalue weighted by Crippen LogP contribution is -2.30. The first-order chi connectivity index (χ1) is 11.5. The molecule has 0 saturated carbocycles. The summed E-state index contributed by atoms with van der Waals surface area (Å²) in [6.07, 6.45) is 1.73. The number of aromatic amines is 1. The number of fused-ring (bicyclic) bond motifs is 1. The minimum atomic E-state index is -0.480. The van der Waals surface area contributed by atoms with Crippen LogP contribution in [-0.4, -0.2) is 43.1 Å². The van der Waals surface area contributed by atoms with E-state index in [1.165, 1.54) is 7.11 Å². The van der Waals surface area contributed by atoms with Gasteiger partial charge in [0, 0.05) is 16.5 Å². The molecule has 0 fully saturated rings. The molecule has 7 nitrogen and oxygen atoms in total. The van der Waals surface area contributed by atoms with Gasteiger partial charge in [-0.1, -0.05) is 19.4 Å². The molecule has 1 aromatic heterocycles. The van der Waals surface area contributed by atoms with E-state index in [4.69, 9.17) is 4.74 Å². The second-order valence-corrected chi connectivity index (χ2v) is 5.23. The van der Waals surface area contributed by atoms with Gasteiger partial charge in [-0.25, -0.2) is 4.79 Å². The number of methoxy groups -OCH3 is 1. The smallest absolute Gasteiger partial charge is 0.354 e. The fourth-order valence-corrected chi connectivity index (χ4v) is 2.12. The van der Waals surface area contributed by atoms with Crippen LogP contribution in [0.3, 0.4) is 0 Å². The van der Waals surface area contributed by atoms with Crippen molar-refractivity contribution in [2.24, 2.45) is 0 Å². The Kier molecular flexibility index (Phi) is 5.95. The van der Waals surface area contributed by atoms with Gasteiger partial charge < -0.3 is 19.8 Å². The number of hydrogen-bond donors (Lipinski definition) is 2. The molecule has 24 heavy (non-hydrogen) atoms. The Labute approximate surface area is 139 Å². The van der Waals surface area contributed by atoms with Crippen LogP contribution < -0.4 is 5.32 Å². The Balaban J connectivity index is 1.99. The van der Waals surface area contributed by atoms with Crippen LogP contribution in [-0.2, 0) is 14.3 Å². The van der Waals surface area contributed by atoms with Crippen molar-refractivity contribution in [1.29, 1.82) is 0 Å². The zero-order chi connectivity index (χ0) is 17.5. The van der Waals surface area contributed by atoms with Crippen LogP contribution in [0, 0.1) is 0 Å². The highest BCUT2D eigenvalue weighted by Gasteiger charge is 2.13. The van der Waals surface area contributed by atoms with Gasteiger partial charge >= 0.3 is 11.9 Å². The number of ether oxygens (including phenoxy) is 2. The van der Waals surface area contributed by atoms with E-state index >= 15 is 0 Å². The summed E-state index contributed by atoms with van der Waals surface area (Å²) in [4.78, 5) is 38.0. The van der Waals surface area contributed by atoms with Crippen molar-refractivity contribution >= 4 is 28.7 Å². The number of carbonyl (C=O) groups excluding carboxylic acids is 3. The van der Waals surface area contributed by atoms with Gasteiger partial charge in [0.15, 0.2) is 0 Å². The predicted molar refractivity (Wildman–Crippen MR) is 87.8 cm³/mol. The second-order valence-electron chi connectivity index (χ2n) is 5.23. The SMILES string of the molecule is CCCCOC(=O)CNC(=O)c1ccc2cc(C(=O)OC)[nH]c2c1. The Morgan fingerprint density at radius 3 is 2.71 bits per heavy atom. The molecule has 0 aliphatic carbocycles. The van der Waals surface area contributed by atoms with Crippen molar-refractivity contribution in [3.05, 3.63) is 35.5 Å². The van der Waals surface area contributed by atoms with Gasteiger partial charge in [0.2, 0.25) is 0 Å². The fourth-order valence-electron chi connectivity index (χ4n) is 2.12. The van der Waals surface area contributed by atoms with Crippen LogP contribution in [0.5, 0.6) is 0 Å². The zero-order valence-electron chi connectivity index (χ0n) is 13.7. The lowest BCUT2D eigenvalue weighted by atomic mass is 10.1. The third kappa shape index (κ3) is 4.34. The Morgan fingerprint density at radius 1 is 1.21 bits per heavy atom. The molecule has 0 aliphatic rings. The van der Waals surface area contributed by atoms with E-state index in [1.807, 2.05) is 6.92 Å². The molecule has 1 amide bonds. The van der Waals surface area contributed by atoms with E-state index < -0.39 is 17.8 Å². The highest BCUT2D eigenvalue weighted by molar-refractivity contribution is 6.01. The van der Waals surface area contributed by atoms with E-state index in [-0.39, 0.29) is 6.54 Å². The van der Waals surface area contributed by atoms with Crippen LogP contribution in [0.4, 0.5) is 0 Å². The second kappa shape index (κ2) is 8.14. The molecule has 128 valence electrons. The molecule has 2 N–H and O–H groups in total. The third-order valence-electron chi connectivity index (χ3n) is 3.44. The molecular weight excluding hydrogens is 312 g/mol. The monoisotopic (exact) mass is 332 g/mol. The van der Waals surface area contributed by atoms with Gasteiger partial charge in [-0.3, -0.25) is 9.59 Å². The fraction of sp³-hybridized carbons (Fsp3) is 0.353. The molecular formula is C17H20N2O5. The lowest BCUT2D eigenvalue weighted by molar-refractivity contribution is -0.142. The number of aromatic nitrogens is 1. The van der Waals surface area contributed by atoms with Crippen molar-refractivity contribution in [1.82, 2.24) is 10.3 Å². The third-order valence-corrected chi connectivity index (χ3v) is 3.44. The van der Waals surface area contributed by atoms with Crippen molar-refractivity contribution in [2.75, 3.05) is 20.3 Å². The number of nitrogens with one attached hydrogen (secondary N) is 2. The molecule has 2 rings (SSSR count). The number of rotatable bonds is 7. The molecule has 2 aromatic rings. The van der Waals surface area contributed by atoms with Gasteiger partial charge in [0.05, 0.1) is 13.7 Å². The van der Waals surface area contributed by atoms with Gasteiger partial charge in [-0.2, -0.15) is 0 Å². The number of benzene rings is 1. The van der Waals surface area contributed by atoms with Crippen LogP contribution >= 0.6 is 0 Å². The van der Waals surface area contributed by atoms with E-state index in [0.29, 0.717) is 23.4 Å². The molecule has 0 radical (unpaired) electrons. The van der Waals surface area contributed by atoms with Gasteiger partial charge in [-0.05, 0) is 24.6 Å². The average molecular weight is 332 g/mol. The summed E-state index contributed by atoms with van der Waals surface area (Å²) < 4.78 is 9.62. The summed E-state index contributed by atoms with van der Waals surface area (Å²) in [5.74, 6) is -1.34. The number of carbonyl (C=O) groups is 3. The number of unbranched alkanes of at least 4 members (excludes halogenated alkanes) is 1. The molecule has 7 heteroatoms. The Bertz CT molecular complexity index is 751. The standard InChI is InChI=1S/C17H20N2O5/c1-3-4-7-24-15(20)10-18-16(21)12-6-5-11-8-14(17(22)23-2)19-13(11)9-12/h5-6,8-9,19H,3-4,7,10H2,1-2H3,(H,18,21). The Hall–Kier alpha value is -2.83. The summed E-state index contributed by atoms with van der Waals surface area (Å²) in [6.45, 7) is 2.17. The average Bonchev–Trinajstić information content (AvgIpc) is 3.02. The maximum Gasteiger partial charge on any atom is 0.354 e. The van der Waals surface area contributed by atoms with Crippen molar-refractivity contribution in [3.63, 3.8) is 0 Å². The van der Waals surface area contributed by atoms with Crippen molar-refractivity contribution < 1.29 is 23.9 Å². The molecule has 1 heterocycles. The van der Waals surface area contributed by atoms with E-state index in [2.05, 4.69) is 15.0 Å². The first-order valence-corrected chi connectivity index (χ1v) is 7.70. The van der Waals surface area contributed by atoms with Crippen LogP contribution in [0.1, 0.15) is 40.6 Å². The van der Waals surface area contributed by atoms with Gasteiger partial charge in [0.1, 0.15) is 12.2 Å². The quantitative estimate of drug-likeness (QED) is 0.597. The first-order valence-electron chi connectivity index (χ1n) is 7.70. The topological polar surface area (TPSA) is 97.5 Å². The summed E-state index contributed by atoms with van der Waals surface area (Å²) in [7, 11) is 1.30. The van der Waals surface area contributed by atoms with Crippen molar-refractivity contribution in [3.8, 4) is 0 Å². The number of esters is 2. The molecule has 1 aromatic carbocycles. The normalized spacial score (nSPS) is 10.4. The maximum absolute atomic E-state index is 12.1. The zero-order valence-corrected chi connectivity index (χ0v) is 13.7. The summed E-state index contributed by atoms with van der Waals surface area (Å²) in [6, 6.07) is 6.59. The molecule has 0 saturated heterocycles. The van der Waals surface area contributed by atoms with Crippen LogP contribution in [0.15, 0.2) is 24.3 Å². The number of amides is 1. The van der Waals surface area contributed by atoms with Gasteiger partial charge in [-0.15, -0.1) is 0 Å². The molecule has 0 bridgehead atoms. The highest BCUT2D eigenvalue weighted by atomic mass is 16.5. The molecule has 0 aliphatic heterocycles. The van der Waals surface area contributed by atoms with Crippen LogP contribution in [0.25, 0.3) is 10.9 Å². The van der Waals surface area contributed by atoms with Gasteiger partial charge in [0.25, 0.3) is 5.91 Å². The molecule has 0 atom stereocenters. The van der Waals surface area contributed by atoms with E-state index in [0.717, 1.165) is 18.2 Å². The minimum Gasteiger partial charge on any atom is -0.464 e. The number of H-pyrrole nitrogens is 1. The Morgan fingerprint density at radius 2 is 2.00 bits per heavy atom. The minimum absolute atomic E-state index is 0.182. The predicted octanol–water partition coefficient (Wildman–Crippen LogP) is 2.03.